The third kappa shape index (κ3) is 11.8. The van der Waals surface area contributed by atoms with Gasteiger partial charge in [0.15, 0.2) is 0 Å². The van der Waals surface area contributed by atoms with Gasteiger partial charge in [0.25, 0.3) is 0 Å². The molecular formula is C27H44N6O11S. The van der Waals surface area contributed by atoms with Crippen molar-refractivity contribution in [2.75, 3.05) is 12.3 Å². The molecule has 7 atom stereocenters. The molecule has 1 saturated heterocycles. The van der Waals surface area contributed by atoms with E-state index in [2.05, 4.69) is 33.9 Å². The van der Waals surface area contributed by atoms with Crippen LogP contribution >= 0.6 is 12.6 Å². The number of carboxylic acid groups (broad SMARTS) is 3. The molecule has 1 rings (SSSR count). The van der Waals surface area contributed by atoms with Crippen LogP contribution in [0.2, 0.25) is 0 Å². The van der Waals surface area contributed by atoms with E-state index < -0.39 is 108 Å². The lowest BCUT2D eigenvalue weighted by Crippen LogP contribution is -2.61. The van der Waals surface area contributed by atoms with E-state index in [1.54, 1.807) is 27.7 Å². The molecule has 0 bridgehead atoms. The Labute approximate surface area is 265 Å². The SMILES string of the molecule is CC[C@H](C)[C@H](NC(=O)[C@H](CC(=O)O)NC(=O)[C@@H](N)CC(=O)O)C(=O)N[C@H](C(=O)N1CCC[C@H]1C(=O)N[C@@H](CS)C(=O)O)C(C)C. The summed E-state index contributed by atoms with van der Waals surface area (Å²) in [6, 6.07) is -7.95. The van der Waals surface area contributed by atoms with Gasteiger partial charge >= 0.3 is 17.9 Å². The quantitative estimate of drug-likeness (QED) is 0.0716. The normalized spacial score (nSPS) is 18.5. The van der Waals surface area contributed by atoms with Gasteiger partial charge in [-0.3, -0.25) is 33.6 Å². The summed E-state index contributed by atoms with van der Waals surface area (Å²) in [7, 11) is 0. The first kappa shape index (κ1) is 39.1. The number of carboxylic acids is 3. The van der Waals surface area contributed by atoms with E-state index in [9.17, 15) is 48.6 Å². The number of hydrogen-bond acceptors (Lipinski definition) is 10. The molecule has 0 aromatic heterocycles. The fourth-order valence-corrected chi connectivity index (χ4v) is 4.84. The lowest BCUT2D eigenvalue weighted by molar-refractivity contribution is -0.145. The minimum absolute atomic E-state index is 0.165. The van der Waals surface area contributed by atoms with Crippen molar-refractivity contribution in [3.63, 3.8) is 0 Å². The van der Waals surface area contributed by atoms with E-state index in [0.717, 1.165) is 0 Å². The van der Waals surface area contributed by atoms with Gasteiger partial charge in [-0.15, -0.1) is 0 Å². The zero-order valence-electron chi connectivity index (χ0n) is 25.6. The van der Waals surface area contributed by atoms with Crippen LogP contribution in [0.4, 0.5) is 0 Å². The van der Waals surface area contributed by atoms with Crippen molar-refractivity contribution >= 4 is 60.1 Å². The predicted molar refractivity (Wildman–Crippen MR) is 161 cm³/mol. The van der Waals surface area contributed by atoms with Gasteiger partial charge in [0.1, 0.15) is 30.2 Å². The Morgan fingerprint density at radius 3 is 1.89 bits per heavy atom. The number of amides is 5. The number of carbonyl (C=O) groups is 8. The summed E-state index contributed by atoms with van der Waals surface area (Å²) < 4.78 is 0. The van der Waals surface area contributed by atoms with E-state index in [1.807, 2.05) is 0 Å². The van der Waals surface area contributed by atoms with Gasteiger partial charge < -0.3 is 47.2 Å². The summed E-state index contributed by atoms with van der Waals surface area (Å²) in [5.41, 5.74) is 5.53. The number of rotatable bonds is 18. The fraction of sp³-hybridized carbons (Fsp3) is 0.704. The average molecular weight is 661 g/mol. The minimum Gasteiger partial charge on any atom is -0.481 e. The molecule has 0 aromatic carbocycles. The number of thiol groups is 1. The zero-order chi connectivity index (χ0) is 34.6. The van der Waals surface area contributed by atoms with E-state index in [-0.39, 0.29) is 18.7 Å². The summed E-state index contributed by atoms with van der Waals surface area (Å²) in [6.45, 7) is 6.86. The van der Waals surface area contributed by atoms with Crippen LogP contribution < -0.4 is 27.0 Å². The van der Waals surface area contributed by atoms with Crippen molar-refractivity contribution in [3.05, 3.63) is 0 Å². The smallest absolute Gasteiger partial charge is 0.327 e. The lowest BCUT2D eigenvalue weighted by atomic mass is 9.95. The molecule has 0 aromatic rings. The van der Waals surface area contributed by atoms with Crippen LogP contribution in [0.1, 0.15) is 59.8 Å². The summed E-state index contributed by atoms with van der Waals surface area (Å²) in [5, 5.41) is 37.0. The molecular weight excluding hydrogens is 616 g/mol. The van der Waals surface area contributed by atoms with Gasteiger partial charge in [0.2, 0.25) is 29.5 Å². The maximum atomic E-state index is 13.6. The standard InChI is InChI=1S/C27H44N6O11S/c1-5-13(4)21(32-23(39)15(10-19(36)37)29-22(38)14(28)9-18(34)35)25(41)31-20(12(2)3)26(42)33-8-6-7-17(33)24(40)30-16(11-45)27(43)44/h12-17,20-21,45H,5-11,28H2,1-4H3,(H,29,38)(H,30,40)(H,31,41)(H,32,39)(H,34,35)(H,36,37)(H,43,44)/t13-,14-,15-,16-,17-,20-,21-/m0/s1. The molecule has 254 valence electrons. The third-order valence-electron chi connectivity index (χ3n) is 7.40. The number of hydrogen-bond donors (Lipinski definition) is 9. The van der Waals surface area contributed by atoms with E-state index in [1.165, 1.54) is 4.90 Å². The molecule has 5 amide bonds. The molecule has 1 fully saturated rings. The monoisotopic (exact) mass is 660 g/mol. The summed E-state index contributed by atoms with van der Waals surface area (Å²) >= 11 is 3.93. The number of nitrogens with one attached hydrogen (secondary N) is 4. The second-order valence-corrected chi connectivity index (χ2v) is 11.6. The van der Waals surface area contributed by atoms with E-state index >= 15 is 0 Å². The van der Waals surface area contributed by atoms with Crippen LogP contribution in [0.25, 0.3) is 0 Å². The van der Waals surface area contributed by atoms with Gasteiger partial charge in [-0.1, -0.05) is 34.1 Å². The Hall–Kier alpha value is -3.93. The topological polar surface area (TPSA) is 275 Å². The Bertz CT molecular complexity index is 1140. The van der Waals surface area contributed by atoms with Crippen molar-refractivity contribution in [3.8, 4) is 0 Å². The minimum atomic E-state index is -1.70. The van der Waals surface area contributed by atoms with Gasteiger partial charge in [0.05, 0.1) is 18.9 Å². The number of nitrogens with two attached hydrogens (primary N) is 1. The van der Waals surface area contributed by atoms with Gasteiger partial charge in [-0.25, -0.2) is 4.79 Å². The molecule has 0 spiro atoms. The van der Waals surface area contributed by atoms with Crippen LogP contribution in [0.15, 0.2) is 0 Å². The molecule has 0 saturated carbocycles. The number of aliphatic carboxylic acids is 3. The first-order valence-corrected chi connectivity index (χ1v) is 15.1. The highest BCUT2D eigenvalue weighted by Gasteiger charge is 2.41. The molecule has 9 N–H and O–H groups in total. The van der Waals surface area contributed by atoms with Gasteiger partial charge in [-0.2, -0.15) is 12.6 Å². The highest BCUT2D eigenvalue weighted by atomic mass is 32.1. The Morgan fingerprint density at radius 1 is 0.822 bits per heavy atom. The Kier molecular flexibility index (Phi) is 15.8. The van der Waals surface area contributed by atoms with Crippen LogP contribution in [-0.4, -0.2) is 116 Å². The maximum Gasteiger partial charge on any atom is 0.327 e. The Balaban J connectivity index is 3.17. The number of likely N-dealkylation sites (tertiary alicyclic amines) is 1. The molecule has 0 radical (unpaired) electrons. The highest BCUT2D eigenvalue weighted by molar-refractivity contribution is 7.80. The average Bonchev–Trinajstić information content (AvgIpc) is 3.45. The van der Waals surface area contributed by atoms with Crippen LogP contribution in [-0.2, 0) is 38.4 Å². The molecule has 17 nitrogen and oxygen atoms in total. The number of carbonyl (C=O) groups excluding carboxylic acids is 5. The molecule has 0 unspecified atom stereocenters. The zero-order valence-corrected chi connectivity index (χ0v) is 26.5. The fourth-order valence-electron chi connectivity index (χ4n) is 4.59. The van der Waals surface area contributed by atoms with Crippen LogP contribution in [0.5, 0.6) is 0 Å². The number of nitrogens with zero attached hydrogens (tertiary/aromatic N) is 1. The molecule has 1 aliphatic rings. The molecule has 18 heteroatoms. The highest BCUT2D eigenvalue weighted by Crippen LogP contribution is 2.21. The molecule has 0 aliphatic carbocycles. The second kappa shape index (κ2) is 18.1. The first-order valence-electron chi connectivity index (χ1n) is 14.5. The maximum absolute atomic E-state index is 13.6. The van der Waals surface area contributed by atoms with E-state index in [0.29, 0.717) is 12.8 Å². The van der Waals surface area contributed by atoms with E-state index in [4.69, 9.17) is 10.8 Å². The van der Waals surface area contributed by atoms with Gasteiger partial charge in [0, 0.05) is 12.3 Å². The van der Waals surface area contributed by atoms with Crippen molar-refractivity contribution in [1.29, 1.82) is 0 Å². The Morgan fingerprint density at radius 2 is 1.40 bits per heavy atom. The predicted octanol–water partition coefficient (Wildman–Crippen LogP) is -2.09. The molecule has 1 heterocycles. The van der Waals surface area contributed by atoms with Crippen LogP contribution in [0.3, 0.4) is 0 Å². The second-order valence-electron chi connectivity index (χ2n) is 11.2. The third-order valence-corrected chi connectivity index (χ3v) is 7.77. The largest absolute Gasteiger partial charge is 0.481 e. The summed E-state index contributed by atoms with van der Waals surface area (Å²) in [5.74, 6) is -9.50. The van der Waals surface area contributed by atoms with Crippen LogP contribution in [0, 0.1) is 11.8 Å². The molecule has 1 aliphatic heterocycles. The van der Waals surface area contributed by atoms with Gasteiger partial charge in [-0.05, 0) is 24.7 Å². The summed E-state index contributed by atoms with van der Waals surface area (Å²) in [4.78, 5) is 100. The first-order chi connectivity index (χ1) is 20.9. The lowest BCUT2D eigenvalue weighted by Gasteiger charge is -2.33. The van der Waals surface area contributed by atoms with Crippen molar-refractivity contribution in [1.82, 2.24) is 26.2 Å². The van der Waals surface area contributed by atoms with Crippen molar-refractivity contribution in [2.45, 2.75) is 96.1 Å². The summed E-state index contributed by atoms with van der Waals surface area (Å²) in [6.07, 6.45) is -0.576. The van der Waals surface area contributed by atoms with Crippen molar-refractivity contribution in [2.24, 2.45) is 17.6 Å². The molecule has 45 heavy (non-hydrogen) atoms. The van der Waals surface area contributed by atoms with Crippen molar-refractivity contribution < 1.29 is 53.7 Å².